The zero-order valence-corrected chi connectivity index (χ0v) is 18.6. The van der Waals surface area contributed by atoms with Crippen molar-refractivity contribution in [2.24, 2.45) is 18.0 Å². The molecule has 2 aliphatic rings. The van der Waals surface area contributed by atoms with E-state index in [2.05, 4.69) is 9.98 Å². The summed E-state index contributed by atoms with van der Waals surface area (Å²) in [6.07, 6.45) is 1.45. The largest absolute Gasteiger partial charge is 0.458 e. The van der Waals surface area contributed by atoms with Gasteiger partial charge in [0.25, 0.3) is 5.56 Å². The first kappa shape index (κ1) is 24.1. The summed E-state index contributed by atoms with van der Waals surface area (Å²) in [6.45, 7) is 1.12. The van der Waals surface area contributed by atoms with E-state index in [9.17, 15) is 22.8 Å². The van der Waals surface area contributed by atoms with Crippen molar-refractivity contribution in [3.8, 4) is 5.75 Å². The number of ether oxygens (including phenoxy) is 3. The van der Waals surface area contributed by atoms with Gasteiger partial charge in [0, 0.05) is 32.8 Å². The van der Waals surface area contributed by atoms with Crippen molar-refractivity contribution >= 4 is 17.2 Å². The normalized spacial score (nSPS) is 21.0. The Hall–Kier alpha value is -2.99. The number of halogens is 3. The monoisotopic (exact) mass is 482 g/mol. The van der Waals surface area contributed by atoms with Crippen molar-refractivity contribution in [3.05, 3.63) is 45.1 Å². The lowest BCUT2D eigenvalue weighted by Crippen LogP contribution is -2.39. The lowest BCUT2D eigenvalue weighted by molar-refractivity contribution is -0.163. The van der Waals surface area contributed by atoms with Gasteiger partial charge in [0.1, 0.15) is 17.2 Å². The first-order valence-electron chi connectivity index (χ1n) is 11.0. The summed E-state index contributed by atoms with van der Waals surface area (Å²) < 4.78 is 58.0. The number of pyridine rings is 1. The van der Waals surface area contributed by atoms with Gasteiger partial charge in [-0.05, 0) is 31.7 Å². The summed E-state index contributed by atoms with van der Waals surface area (Å²) in [5.74, 6) is -1.67. The zero-order valence-electron chi connectivity index (χ0n) is 18.6. The van der Waals surface area contributed by atoms with Crippen molar-refractivity contribution < 1.29 is 27.4 Å². The Morgan fingerprint density at radius 3 is 2.82 bits per heavy atom. The summed E-state index contributed by atoms with van der Waals surface area (Å²) in [5, 5.41) is 0.114. The number of hydrogen-bond acceptors (Lipinski definition) is 7. The SMILES string of the molecule is Cn1c(=O)n(CCCOC2CCCCO2)c(=O)c2cc(OC3=CN=CC(C(F)(F)F)C3)cnc21. The molecule has 1 saturated heterocycles. The van der Waals surface area contributed by atoms with E-state index >= 15 is 0 Å². The van der Waals surface area contributed by atoms with E-state index in [0.29, 0.717) is 19.6 Å². The lowest BCUT2D eigenvalue weighted by Gasteiger charge is -2.22. The highest BCUT2D eigenvalue weighted by Crippen LogP contribution is 2.32. The number of aliphatic imine (C=N–C) groups is 1. The number of nitrogens with zero attached hydrogens (tertiary/aromatic N) is 4. The number of aryl methyl sites for hydroxylation is 1. The minimum atomic E-state index is -4.44. The van der Waals surface area contributed by atoms with E-state index in [-0.39, 0.29) is 35.4 Å². The molecule has 2 aliphatic heterocycles. The van der Waals surface area contributed by atoms with E-state index in [0.717, 1.165) is 30.0 Å². The second kappa shape index (κ2) is 10.1. The highest BCUT2D eigenvalue weighted by Gasteiger charge is 2.40. The van der Waals surface area contributed by atoms with Crippen LogP contribution >= 0.6 is 0 Å². The quantitative estimate of drug-likeness (QED) is 0.563. The molecule has 0 bridgehead atoms. The Bertz CT molecular complexity index is 1210. The first-order chi connectivity index (χ1) is 16.2. The molecule has 4 heterocycles. The van der Waals surface area contributed by atoms with E-state index < -0.39 is 29.8 Å². The average molecular weight is 482 g/mol. The maximum absolute atomic E-state index is 13.0. The lowest BCUT2D eigenvalue weighted by atomic mass is 10.0. The van der Waals surface area contributed by atoms with Gasteiger partial charge in [0.2, 0.25) is 0 Å². The van der Waals surface area contributed by atoms with E-state index in [4.69, 9.17) is 14.2 Å². The molecule has 2 aromatic rings. The van der Waals surface area contributed by atoms with Gasteiger partial charge in [-0.15, -0.1) is 0 Å². The van der Waals surface area contributed by atoms with Gasteiger partial charge in [-0.2, -0.15) is 13.2 Å². The van der Waals surface area contributed by atoms with Crippen molar-refractivity contribution in [2.45, 2.75) is 51.1 Å². The molecule has 184 valence electrons. The molecule has 0 spiro atoms. The Labute approximate surface area is 192 Å². The molecule has 2 aromatic heterocycles. The summed E-state index contributed by atoms with van der Waals surface area (Å²) in [6, 6.07) is 1.37. The zero-order chi connectivity index (χ0) is 24.3. The van der Waals surface area contributed by atoms with Crippen LogP contribution in [0, 0.1) is 5.92 Å². The first-order valence-corrected chi connectivity index (χ1v) is 11.0. The van der Waals surface area contributed by atoms with E-state index in [1.165, 1.54) is 30.1 Å². The Balaban J connectivity index is 1.50. The number of rotatable bonds is 7. The van der Waals surface area contributed by atoms with Crippen LogP contribution < -0.4 is 16.0 Å². The third-order valence-corrected chi connectivity index (χ3v) is 5.70. The van der Waals surface area contributed by atoms with Gasteiger partial charge in [-0.3, -0.25) is 18.9 Å². The van der Waals surface area contributed by atoms with Crippen molar-refractivity contribution in [3.63, 3.8) is 0 Å². The molecule has 0 radical (unpaired) electrons. The molecule has 12 heteroatoms. The number of fused-ring (bicyclic) bond motifs is 1. The molecule has 0 aromatic carbocycles. The molecular formula is C22H25F3N4O5. The Morgan fingerprint density at radius 2 is 2.09 bits per heavy atom. The number of allylic oxidation sites excluding steroid dienone is 1. The molecule has 0 aliphatic carbocycles. The molecule has 9 nitrogen and oxygen atoms in total. The molecule has 34 heavy (non-hydrogen) atoms. The summed E-state index contributed by atoms with van der Waals surface area (Å²) in [5.41, 5.74) is -0.937. The topological polar surface area (TPSA) is 96.9 Å². The molecule has 1 fully saturated rings. The standard InChI is InChI=1S/C22H25F3N4O5/c1-28-19-17(10-16(13-27-19)34-15-9-14(11-26-12-15)22(23,24)25)20(30)29(21(28)31)6-4-8-33-18-5-2-3-7-32-18/h10-14,18H,2-9H2,1H3. The van der Waals surface area contributed by atoms with E-state index in [1.807, 2.05) is 0 Å². The van der Waals surface area contributed by atoms with Crippen LogP contribution in [0.3, 0.4) is 0 Å². The predicted octanol–water partition coefficient (Wildman–Crippen LogP) is 2.90. The van der Waals surface area contributed by atoms with Crippen LogP contribution in [0.1, 0.15) is 32.1 Å². The van der Waals surface area contributed by atoms with Gasteiger partial charge >= 0.3 is 11.9 Å². The molecule has 0 N–H and O–H groups in total. The molecular weight excluding hydrogens is 457 g/mol. The Morgan fingerprint density at radius 1 is 1.26 bits per heavy atom. The second-order valence-electron chi connectivity index (χ2n) is 8.21. The minimum absolute atomic E-state index is 0.00167. The second-order valence-corrected chi connectivity index (χ2v) is 8.21. The van der Waals surface area contributed by atoms with Crippen molar-refractivity contribution in [1.82, 2.24) is 14.1 Å². The summed E-state index contributed by atoms with van der Waals surface area (Å²) in [4.78, 5) is 33.5. The van der Waals surface area contributed by atoms with Gasteiger partial charge in [-0.1, -0.05) is 0 Å². The highest BCUT2D eigenvalue weighted by molar-refractivity contribution is 5.75. The molecule has 0 saturated carbocycles. The van der Waals surface area contributed by atoms with Crippen LogP contribution in [0.5, 0.6) is 5.75 Å². The van der Waals surface area contributed by atoms with Crippen LogP contribution in [-0.2, 0) is 23.1 Å². The van der Waals surface area contributed by atoms with Gasteiger partial charge in [0.15, 0.2) is 6.29 Å². The fourth-order valence-corrected chi connectivity index (χ4v) is 3.87. The maximum Gasteiger partial charge on any atom is 0.397 e. The van der Waals surface area contributed by atoms with Crippen LogP contribution in [-0.4, -0.2) is 46.0 Å². The van der Waals surface area contributed by atoms with Crippen LogP contribution in [0.2, 0.25) is 0 Å². The average Bonchev–Trinajstić information content (AvgIpc) is 2.82. The van der Waals surface area contributed by atoms with Crippen LogP contribution in [0.15, 0.2) is 38.8 Å². The van der Waals surface area contributed by atoms with Crippen molar-refractivity contribution in [2.75, 3.05) is 13.2 Å². The summed E-state index contributed by atoms with van der Waals surface area (Å²) in [7, 11) is 1.49. The molecule has 4 rings (SSSR count). The smallest absolute Gasteiger partial charge is 0.397 e. The molecule has 2 atom stereocenters. The molecule has 0 amide bonds. The summed E-state index contributed by atoms with van der Waals surface area (Å²) >= 11 is 0. The molecule has 2 unspecified atom stereocenters. The Kier molecular flexibility index (Phi) is 7.17. The van der Waals surface area contributed by atoms with Crippen LogP contribution in [0.25, 0.3) is 11.0 Å². The fraction of sp³-hybridized carbons (Fsp3) is 0.545. The van der Waals surface area contributed by atoms with Gasteiger partial charge in [-0.25, -0.2) is 9.78 Å². The number of alkyl halides is 3. The van der Waals surface area contributed by atoms with Gasteiger partial charge < -0.3 is 14.2 Å². The highest BCUT2D eigenvalue weighted by atomic mass is 19.4. The number of aromatic nitrogens is 3. The minimum Gasteiger partial charge on any atom is -0.458 e. The fourth-order valence-electron chi connectivity index (χ4n) is 3.87. The number of hydrogen-bond donors (Lipinski definition) is 0. The van der Waals surface area contributed by atoms with Crippen LogP contribution in [0.4, 0.5) is 13.2 Å². The maximum atomic E-state index is 13.0. The van der Waals surface area contributed by atoms with Crippen molar-refractivity contribution in [1.29, 1.82) is 0 Å². The third kappa shape index (κ3) is 5.39. The third-order valence-electron chi connectivity index (χ3n) is 5.70. The predicted molar refractivity (Wildman–Crippen MR) is 117 cm³/mol. The van der Waals surface area contributed by atoms with Gasteiger partial charge in [0.05, 0.1) is 30.3 Å². The van der Waals surface area contributed by atoms with E-state index in [1.54, 1.807) is 0 Å².